The first-order chi connectivity index (χ1) is 13.0. The average molecular weight is 420 g/mol. The Bertz CT molecular complexity index is 943. The highest BCUT2D eigenvalue weighted by Crippen LogP contribution is 2.30. The summed E-state index contributed by atoms with van der Waals surface area (Å²) < 4.78 is 14.7. The Morgan fingerprint density at radius 1 is 1.11 bits per heavy atom. The first-order valence-corrected chi connectivity index (χ1v) is 9.60. The fourth-order valence-electron chi connectivity index (χ4n) is 2.69. The van der Waals surface area contributed by atoms with Crippen molar-refractivity contribution in [2.75, 3.05) is 32.1 Å². The van der Waals surface area contributed by atoms with Crippen LogP contribution in [-0.2, 0) is 4.79 Å². The lowest BCUT2D eigenvalue weighted by Crippen LogP contribution is -2.32. The molecule has 0 aliphatic heterocycles. The molecule has 0 radical (unpaired) electrons. The molecule has 1 amide bonds. The minimum absolute atomic E-state index is 0. The van der Waals surface area contributed by atoms with Crippen LogP contribution in [0.15, 0.2) is 54.6 Å². The number of halogens is 2. The first kappa shape index (κ1) is 22.0. The standard InChI is InChI=1S/C21H22FN3OS.ClH/c1-24(2)14-7-15-25(19(26)13-12-16-8-4-3-5-9-16)21-23-20-17(22)10-6-11-18(20)27-21;/h3-6,8-13H,7,14-15H2,1-2H3;1H. The highest BCUT2D eigenvalue weighted by molar-refractivity contribution is 7.22. The largest absolute Gasteiger partial charge is 0.309 e. The van der Waals surface area contributed by atoms with E-state index in [0.717, 1.165) is 23.2 Å². The van der Waals surface area contributed by atoms with Gasteiger partial charge in [0.15, 0.2) is 5.13 Å². The number of anilines is 1. The zero-order valence-corrected chi connectivity index (χ0v) is 17.5. The maximum Gasteiger partial charge on any atom is 0.252 e. The second-order valence-electron chi connectivity index (χ2n) is 6.47. The lowest BCUT2D eigenvalue weighted by Gasteiger charge is -2.19. The van der Waals surface area contributed by atoms with Crippen molar-refractivity contribution in [1.29, 1.82) is 0 Å². The lowest BCUT2D eigenvalue weighted by atomic mass is 10.2. The van der Waals surface area contributed by atoms with Crippen molar-refractivity contribution in [3.05, 3.63) is 66.0 Å². The van der Waals surface area contributed by atoms with Gasteiger partial charge in [-0.05, 0) is 50.8 Å². The van der Waals surface area contributed by atoms with Crippen molar-refractivity contribution in [3.63, 3.8) is 0 Å². The topological polar surface area (TPSA) is 36.4 Å². The zero-order valence-electron chi connectivity index (χ0n) is 15.8. The number of amides is 1. The van der Waals surface area contributed by atoms with Gasteiger partial charge in [-0.15, -0.1) is 12.4 Å². The number of rotatable bonds is 7. The van der Waals surface area contributed by atoms with Gasteiger partial charge in [0.1, 0.15) is 11.3 Å². The Morgan fingerprint density at radius 2 is 1.86 bits per heavy atom. The van der Waals surface area contributed by atoms with E-state index in [4.69, 9.17) is 0 Å². The molecule has 28 heavy (non-hydrogen) atoms. The molecule has 0 saturated carbocycles. The van der Waals surface area contributed by atoms with Gasteiger partial charge < -0.3 is 4.90 Å². The molecule has 0 bridgehead atoms. The molecule has 0 fully saturated rings. The van der Waals surface area contributed by atoms with Gasteiger partial charge in [-0.2, -0.15) is 0 Å². The molecule has 4 nitrogen and oxygen atoms in total. The summed E-state index contributed by atoms with van der Waals surface area (Å²) in [5.41, 5.74) is 1.27. The zero-order chi connectivity index (χ0) is 19.2. The van der Waals surface area contributed by atoms with Gasteiger partial charge in [0.05, 0.1) is 4.70 Å². The Morgan fingerprint density at radius 3 is 2.54 bits per heavy atom. The molecule has 0 N–H and O–H groups in total. The van der Waals surface area contributed by atoms with E-state index in [0.29, 0.717) is 17.2 Å². The second-order valence-corrected chi connectivity index (χ2v) is 7.48. The smallest absolute Gasteiger partial charge is 0.252 e. The number of carbonyl (C=O) groups is 1. The maximum absolute atomic E-state index is 14.0. The van der Waals surface area contributed by atoms with Crippen LogP contribution in [-0.4, -0.2) is 43.0 Å². The van der Waals surface area contributed by atoms with Crippen LogP contribution < -0.4 is 4.90 Å². The van der Waals surface area contributed by atoms with Gasteiger partial charge in [-0.3, -0.25) is 9.69 Å². The van der Waals surface area contributed by atoms with Crippen LogP contribution in [0.5, 0.6) is 0 Å². The van der Waals surface area contributed by atoms with E-state index in [1.165, 1.54) is 17.4 Å². The van der Waals surface area contributed by atoms with Gasteiger partial charge in [-0.25, -0.2) is 9.37 Å². The number of fused-ring (bicyclic) bond motifs is 1. The molecule has 0 aliphatic rings. The molecule has 0 atom stereocenters. The summed E-state index contributed by atoms with van der Waals surface area (Å²) in [7, 11) is 3.99. The molecule has 0 saturated heterocycles. The molecule has 148 valence electrons. The monoisotopic (exact) mass is 419 g/mol. The number of aromatic nitrogens is 1. The summed E-state index contributed by atoms with van der Waals surface area (Å²) in [6.07, 6.45) is 4.14. The number of hydrogen-bond acceptors (Lipinski definition) is 4. The second kappa shape index (κ2) is 10.3. The third kappa shape index (κ3) is 5.61. The number of thiazole rings is 1. The average Bonchev–Trinajstić information content (AvgIpc) is 3.09. The minimum Gasteiger partial charge on any atom is -0.309 e. The quantitative estimate of drug-likeness (QED) is 0.513. The Hall–Kier alpha value is -2.28. The van der Waals surface area contributed by atoms with Crippen LogP contribution in [0.25, 0.3) is 16.3 Å². The van der Waals surface area contributed by atoms with E-state index in [9.17, 15) is 9.18 Å². The minimum atomic E-state index is -0.365. The summed E-state index contributed by atoms with van der Waals surface area (Å²) >= 11 is 1.33. The van der Waals surface area contributed by atoms with Crippen molar-refractivity contribution in [2.45, 2.75) is 6.42 Å². The van der Waals surface area contributed by atoms with Gasteiger partial charge in [0, 0.05) is 12.6 Å². The molecule has 3 rings (SSSR count). The predicted molar refractivity (Wildman–Crippen MR) is 118 cm³/mol. The molecule has 1 heterocycles. The van der Waals surface area contributed by atoms with Crippen molar-refractivity contribution >= 4 is 51.1 Å². The summed E-state index contributed by atoms with van der Waals surface area (Å²) in [6, 6.07) is 14.5. The van der Waals surface area contributed by atoms with E-state index in [1.54, 1.807) is 23.1 Å². The molecule has 0 unspecified atom stereocenters. The maximum atomic E-state index is 14.0. The van der Waals surface area contributed by atoms with Crippen LogP contribution in [0.2, 0.25) is 0 Å². The van der Waals surface area contributed by atoms with Crippen molar-refractivity contribution in [3.8, 4) is 0 Å². The molecule has 0 spiro atoms. The number of carbonyl (C=O) groups excluding carboxylic acids is 1. The highest BCUT2D eigenvalue weighted by atomic mass is 35.5. The summed E-state index contributed by atoms with van der Waals surface area (Å²) in [4.78, 5) is 20.9. The molecular formula is C21H23ClFN3OS. The van der Waals surface area contributed by atoms with Gasteiger partial charge >= 0.3 is 0 Å². The van der Waals surface area contributed by atoms with Crippen LogP contribution in [0.1, 0.15) is 12.0 Å². The Kier molecular flexibility index (Phi) is 8.11. The summed E-state index contributed by atoms with van der Waals surface area (Å²) in [5, 5.41) is 0.525. The van der Waals surface area contributed by atoms with E-state index in [1.807, 2.05) is 50.5 Å². The summed E-state index contributed by atoms with van der Waals surface area (Å²) in [5.74, 6) is -0.521. The first-order valence-electron chi connectivity index (χ1n) is 8.79. The van der Waals surface area contributed by atoms with E-state index in [-0.39, 0.29) is 24.1 Å². The van der Waals surface area contributed by atoms with Crippen LogP contribution in [0.4, 0.5) is 9.52 Å². The SMILES string of the molecule is CN(C)CCCN(C(=O)C=Cc1ccccc1)c1nc2c(F)cccc2s1.Cl. The molecular weight excluding hydrogens is 397 g/mol. The fraction of sp³-hybridized carbons (Fsp3) is 0.238. The number of benzene rings is 2. The predicted octanol–water partition coefficient (Wildman–Crippen LogP) is 4.86. The normalized spacial score (nSPS) is 11.1. The molecule has 2 aromatic carbocycles. The summed E-state index contributed by atoms with van der Waals surface area (Å²) in [6.45, 7) is 1.38. The van der Waals surface area contributed by atoms with Crippen LogP contribution in [0.3, 0.4) is 0 Å². The number of para-hydroxylation sites is 1. The molecule has 1 aromatic heterocycles. The van der Waals surface area contributed by atoms with Crippen molar-refractivity contribution < 1.29 is 9.18 Å². The Labute approximate surface area is 174 Å². The van der Waals surface area contributed by atoms with E-state index < -0.39 is 0 Å². The van der Waals surface area contributed by atoms with Gasteiger partial charge in [-0.1, -0.05) is 47.7 Å². The van der Waals surface area contributed by atoms with Crippen LogP contribution in [0, 0.1) is 5.82 Å². The van der Waals surface area contributed by atoms with Crippen molar-refractivity contribution in [2.24, 2.45) is 0 Å². The Balaban J connectivity index is 0.00000280. The third-order valence-electron chi connectivity index (χ3n) is 4.06. The molecule has 3 aromatic rings. The molecule has 0 aliphatic carbocycles. The van der Waals surface area contributed by atoms with E-state index in [2.05, 4.69) is 9.88 Å². The highest BCUT2D eigenvalue weighted by Gasteiger charge is 2.19. The van der Waals surface area contributed by atoms with E-state index >= 15 is 0 Å². The molecule has 7 heteroatoms. The van der Waals surface area contributed by atoms with Crippen LogP contribution >= 0.6 is 23.7 Å². The van der Waals surface area contributed by atoms with Crippen molar-refractivity contribution in [1.82, 2.24) is 9.88 Å². The lowest BCUT2D eigenvalue weighted by molar-refractivity contribution is -0.114. The number of hydrogen-bond donors (Lipinski definition) is 0. The fourth-order valence-corrected chi connectivity index (χ4v) is 3.70. The number of nitrogens with zero attached hydrogens (tertiary/aromatic N) is 3. The third-order valence-corrected chi connectivity index (χ3v) is 5.10. The van der Waals surface area contributed by atoms with Gasteiger partial charge in [0.2, 0.25) is 0 Å². The van der Waals surface area contributed by atoms with Gasteiger partial charge in [0.25, 0.3) is 5.91 Å².